The van der Waals surface area contributed by atoms with E-state index in [0.717, 1.165) is 22.4 Å². The predicted molar refractivity (Wildman–Crippen MR) is 108 cm³/mol. The van der Waals surface area contributed by atoms with Crippen LogP contribution >= 0.6 is 34.4 Å². The van der Waals surface area contributed by atoms with Gasteiger partial charge in [-0.25, -0.2) is 4.98 Å². The summed E-state index contributed by atoms with van der Waals surface area (Å²) in [7, 11) is 0. The van der Waals surface area contributed by atoms with E-state index < -0.39 is 0 Å². The Bertz CT molecular complexity index is 1060. The number of thioether (sulfide) groups is 1. The van der Waals surface area contributed by atoms with Gasteiger partial charge in [-0.2, -0.15) is 0 Å². The van der Waals surface area contributed by atoms with E-state index in [1.807, 2.05) is 18.2 Å². The van der Waals surface area contributed by atoms with Gasteiger partial charge in [0.05, 0.1) is 16.7 Å². The molecule has 0 amide bonds. The third-order valence-corrected chi connectivity index (χ3v) is 6.59. The van der Waals surface area contributed by atoms with Crippen LogP contribution in [0.25, 0.3) is 10.9 Å². The van der Waals surface area contributed by atoms with Crippen molar-refractivity contribution in [2.75, 3.05) is 11.9 Å². The highest BCUT2D eigenvalue weighted by Crippen LogP contribution is 2.27. The highest BCUT2D eigenvalue weighted by atomic mass is 32.2. The maximum absolute atomic E-state index is 12.1. The van der Waals surface area contributed by atoms with Crippen molar-refractivity contribution in [3.05, 3.63) is 62.8 Å². The Balaban J connectivity index is 1.35. The zero-order chi connectivity index (χ0) is 17.8. The number of hydrogen-bond acceptors (Lipinski definition) is 8. The minimum absolute atomic E-state index is 0.112. The normalized spacial score (nSPS) is 11.1. The molecule has 6 nitrogen and oxygen atoms in total. The molecule has 0 saturated heterocycles. The number of fused-ring (bicyclic) bond motifs is 1. The topological polar surface area (TPSA) is 83.6 Å². The fraction of sp³-hybridized carbons (Fsp3) is 0.176. The third kappa shape index (κ3) is 4.12. The second-order valence-electron chi connectivity index (χ2n) is 5.45. The number of thiophene rings is 1. The molecule has 9 heteroatoms. The standard InChI is InChI=1S/C17H15N5OS3/c23-15-12-5-1-2-6-13(12)19-14(20-15)10-25-17-22-21-16(26-17)18-8-7-11-4-3-9-24-11/h1-6,9H,7-8,10H2,(H,18,21)(H,19,20,23). The second kappa shape index (κ2) is 7.98. The molecule has 4 rings (SSSR count). The van der Waals surface area contributed by atoms with Crippen LogP contribution in [-0.2, 0) is 12.2 Å². The first kappa shape index (κ1) is 17.2. The second-order valence-corrected chi connectivity index (χ2v) is 8.68. The minimum atomic E-state index is -0.112. The van der Waals surface area contributed by atoms with Crippen molar-refractivity contribution in [1.82, 2.24) is 20.2 Å². The molecule has 0 atom stereocenters. The average molecular weight is 402 g/mol. The Morgan fingerprint density at radius 1 is 1.15 bits per heavy atom. The van der Waals surface area contributed by atoms with Gasteiger partial charge in [-0.15, -0.1) is 21.5 Å². The van der Waals surface area contributed by atoms with Gasteiger partial charge < -0.3 is 10.3 Å². The molecule has 0 spiro atoms. The molecule has 2 N–H and O–H groups in total. The summed E-state index contributed by atoms with van der Waals surface area (Å²) >= 11 is 4.79. The molecule has 0 bridgehead atoms. The number of aromatic nitrogens is 4. The lowest BCUT2D eigenvalue weighted by atomic mass is 10.2. The van der Waals surface area contributed by atoms with E-state index in [-0.39, 0.29) is 5.56 Å². The Kier molecular flexibility index (Phi) is 5.28. The van der Waals surface area contributed by atoms with E-state index in [0.29, 0.717) is 22.5 Å². The summed E-state index contributed by atoms with van der Waals surface area (Å²) in [5.74, 6) is 1.19. The number of benzene rings is 1. The van der Waals surface area contributed by atoms with Crippen LogP contribution in [-0.4, -0.2) is 26.7 Å². The van der Waals surface area contributed by atoms with Gasteiger partial charge in [0.1, 0.15) is 5.82 Å². The SMILES string of the molecule is O=c1[nH]c(CSc2nnc(NCCc3cccs3)s2)nc2ccccc12. The van der Waals surface area contributed by atoms with Crippen LogP contribution in [0.4, 0.5) is 5.13 Å². The van der Waals surface area contributed by atoms with Crippen LogP contribution in [0, 0.1) is 0 Å². The fourth-order valence-electron chi connectivity index (χ4n) is 2.42. The first-order chi connectivity index (χ1) is 12.8. The van der Waals surface area contributed by atoms with Crippen LogP contribution < -0.4 is 10.9 Å². The molecular weight excluding hydrogens is 386 g/mol. The van der Waals surface area contributed by atoms with Gasteiger partial charge in [-0.05, 0) is 30.0 Å². The van der Waals surface area contributed by atoms with Crippen molar-refractivity contribution in [3.63, 3.8) is 0 Å². The van der Waals surface area contributed by atoms with Gasteiger partial charge in [0.25, 0.3) is 5.56 Å². The molecule has 3 heterocycles. The van der Waals surface area contributed by atoms with Gasteiger partial charge in [-0.3, -0.25) is 4.79 Å². The van der Waals surface area contributed by atoms with Crippen molar-refractivity contribution in [1.29, 1.82) is 0 Å². The number of nitrogens with zero attached hydrogens (tertiary/aromatic N) is 3. The van der Waals surface area contributed by atoms with Gasteiger partial charge in [0.15, 0.2) is 4.34 Å². The summed E-state index contributed by atoms with van der Waals surface area (Å²) in [4.78, 5) is 20.8. The number of rotatable bonds is 7. The lowest BCUT2D eigenvalue weighted by Crippen LogP contribution is -2.11. The van der Waals surface area contributed by atoms with E-state index in [1.165, 1.54) is 28.0 Å². The molecule has 0 aliphatic rings. The Labute approximate surface area is 161 Å². The summed E-state index contributed by atoms with van der Waals surface area (Å²) in [5, 5.41) is 15.1. The number of para-hydroxylation sites is 1. The number of nitrogens with one attached hydrogen (secondary N) is 2. The van der Waals surface area contributed by atoms with Gasteiger partial charge in [0.2, 0.25) is 5.13 Å². The first-order valence-corrected chi connectivity index (χ1v) is 10.7. The lowest BCUT2D eigenvalue weighted by molar-refractivity contribution is 0.977. The smallest absolute Gasteiger partial charge is 0.258 e. The maximum atomic E-state index is 12.1. The van der Waals surface area contributed by atoms with Crippen LogP contribution in [0.1, 0.15) is 10.7 Å². The summed E-state index contributed by atoms with van der Waals surface area (Å²) in [6.45, 7) is 0.833. The van der Waals surface area contributed by atoms with Crippen molar-refractivity contribution in [2.45, 2.75) is 16.5 Å². The quantitative estimate of drug-likeness (QED) is 0.459. The molecule has 3 aromatic heterocycles. The monoisotopic (exact) mass is 401 g/mol. The van der Waals surface area contributed by atoms with Crippen molar-refractivity contribution in [2.24, 2.45) is 0 Å². The van der Waals surface area contributed by atoms with Crippen LogP contribution in [0.2, 0.25) is 0 Å². The third-order valence-electron chi connectivity index (χ3n) is 3.63. The molecule has 4 aromatic rings. The van der Waals surface area contributed by atoms with Gasteiger partial charge in [0, 0.05) is 11.4 Å². The van der Waals surface area contributed by atoms with Crippen molar-refractivity contribution in [3.8, 4) is 0 Å². The molecule has 0 fully saturated rings. The van der Waals surface area contributed by atoms with Crippen LogP contribution in [0.15, 0.2) is 50.9 Å². The Hall–Kier alpha value is -2.23. The summed E-state index contributed by atoms with van der Waals surface area (Å²) in [6.07, 6.45) is 0.974. The molecule has 0 aliphatic heterocycles. The molecule has 1 aromatic carbocycles. The van der Waals surface area contributed by atoms with Crippen LogP contribution in [0.5, 0.6) is 0 Å². The summed E-state index contributed by atoms with van der Waals surface area (Å²) in [6, 6.07) is 11.5. The number of hydrogen-bond donors (Lipinski definition) is 2. The van der Waals surface area contributed by atoms with Gasteiger partial charge in [-0.1, -0.05) is 41.3 Å². The molecule has 0 saturated carbocycles. The fourth-order valence-corrected chi connectivity index (χ4v) is 4.78. The highest BCUT2D eigenvalue weighted by Gasteiger charge is 2.08. The average Bonchev–Trinajstić information content (AvgIpc) is 3.32. The van der Waals surface area contributed by atoms with Crippen molar-refractivity contribution < 1.29 is 0 Å². The highest BCUT2D eigenvalue weighted by molar-refractivity contribution is 8.00. The zero-order valence-corrected chi connectivity index (χ0v) is 16.1. The van der Waals surface area contributed by atoms with E-state index in [9.17, 15) is 4.79 Å². The first-order valence-electron chi connectivity index (χ1n) is 7.98. The number of aromatic amines is 1. The molecule has 0 radical (unpaired) electrons. The Morgan fingerprint density at radius 3 is 2.96 bits per heavy atom. The Morgan fingerprint density at radius 2 is 2.08 bits per heavy atom. The van der Waals surface area contributed by atoms with E-state index in [2.05, 4.69) is 43.0 Å². The van der Waals surface area contributed by atoms with Gasteiger partial charge >= 0.3 is 0 Å². The number of H-pyrrole nitrogens is 1. The zero-order valence-electron chi connectivity index (χ0n) is 13.6. The van der Waals surface area contributed by atoms with E-state index in [4.69, 9.17) is 0 Å². The van der Waals surface area contributed by atoms with E-state index >= 15 is 0 Å². The van der Waals surface area contributed by atoms with E-state index in [1.54, 1.807) is 17.4 Å². The largest absolute Gasteiger partial charge is 0.360 e. The molecule has 132 valence electrons. The molecule has 0 unspecified atom stereocenters. The lowest BCUT2D eigenvalue weighted by Gasteiger charge is -2.01. The minimum Gasteiger partial charge on any atom is -0.360 e. The van der Waals surface area contributed by atoms with Crippen LogP contribution in [0.3, 0.4) is 0 Å². The number of anilines is 1. The summed E-state index contributed by atoms with van der Waals surface area (Å²) in [5.41, 5.74) is 0.597. The predicted octanol–water partition coefficient (Wildman–Crippen LogP) is 3.78. The molecule has 26 heavy (non-hydrogen) atoms. The summed E-state index contributed by atoms with van der Waals surface area (Å²) < 4.78 is 0.847. The maximum Gasteiger partial charge on any atom is 0.258 e. The van der Waals surface area contributed by atoms with Crippen molar-refractivity contribution >= 4 is 50.5 Å². The molecule has 0 aliphatic carbocycles. The molecular formula is C17H15N5OS3.